The maximum absolute atomic E-state index is 12.6. The van der Waals surface area contributed by atoms with Gasteiger partial charge in [-0.15, -0.1) is 5.26 Å². The van der Waals surface area contributed by atoms with Crippen LogP contribution in [-0.2, 0) is 4.74 Å². The van der Waals surface area contributed by atoms with Crippen LogP contribution in [0.25, 0.3) is 0 Å². The van der Waals surface area contributed by atoms with Crippen LogP contribution in [0.4, 0.5) is 8.78 Å². The fraction of sp³-hybridized carbons (Fsp3) is 0.286. The molecule has 0 spiro atoms. The molecular formula is C7H5F2NO. The molecule has 0 saturated carbocycles. The van der Waals surface area contributed by atoms with Crippen molar-refractivity contribution >= 4 is 0 Å². The zero-order valence-electron chi connectivity index (χ0n) is 5.60. The monoisotopic (exact) mass is 157 g/mol. The van der Waals surface area contributed by atoms with E-state index in [0.717, 1.165) is 6.08 Å². The Morgan fingerprint density at radius 1 is 1.45 bits per heavy atom. The minimum atomic E-state index is -0.796. The van der Waals surface area contributed by atoms with Crippen LogP contribution in [0.2, 0.25) is 0 Å². The van der Waals surface area contributed by atoms with E-state index in [0.29, 0.717) is 0 Å². The van der Waals surface area contributed by atoms with Crippen molar-refractivity contribution in [1.29, 1.82) is 5.26 Å². The van der Waals surface area contributed by atoms with E-state index >= 15 is 0 Å². The molecular weight excluding hydrogens is 152 g/mol. The summed E-state index contributed by atoms with van der Waals surface area (Å²) in [6.45, 7) is 0. The topological polar surface area (TPSA) is 33.0 Å². The molecule has 0 bridgehead atoms. The molecule has 2 nitrogen and oxygen atoms in total. The molecule has 0 unspecified atom stereocenters. The quantitative estimate of drug-likeness (QED) is 0.547. The summed E-state index contributed by atoms with van der Waals surface area (Å²) in [5.74, 6) is -1.41. The Hall–Kier alpha value is -1.37. The normalized spacial score (nSPS) is 17.4. The highest BCUT2D eigenvalue weighted by molar-refractivity contribution is 5.23. The molecule has 0 heterocycles. The van der Waals surface area contributed by atoms with Crippen LogP contribution in [0.15, 0.2) is 23.5 Å². The first kappa shape index (κ1) is 7.73. The van der Waals surface area contributed by atoms with E-state index in [1.54, 1.807) is 0 Å². The van der Waals surface area contributed by atoms with Crippen LogP contribution in [0.1, 0.15) is 12.8 Å². The highest BCUT2D eigenvalue weighted by atomic mass is 19.1. The molecule has 0 aromatic carbocycles. The van der Waals surface area contributed by atoms with E-state index in [2.05, 4.69) is 4.74 Å². The van der Waals surface area contributed by atoms with Gasteiger partial charge in [-0.1, -0.05) is 0 Å². The van der Waals surface area contributed by atoms with E-state index < -0.39 is 11.7 Å². The van der Waals surface area contributed by atoms with Crippen molar-refractivity contribution < 1.29 is 13.5 Å². The molecule has 0 aliphatic heterocycles. The fourth-order valence-electron chi connectivity index (χ4n) is 0.797. The fourth-order valence-corrected chi connectivity index (χ4v) is 0.797. The van der Waals surface area contributed by atoms with E-state index in [4.69, 9.17) is 5.26 Å². The molecule has 0 saturated heterocycles. The third-order valence-corrected chi connectivity index (χ3v) is 1.31. The molecule has 1 rings (SSSR count). The Kier molecular flexibility index (Phi) is 2.21. The van der Waals surface area contributed by atoms with Gasteiger partial charge in [0, 0.05) is 18.9 Å². The Morgan fingerprint density at radius 2 is 2.18 bits per heavy atom. The Morgan fingerprint density at radius 3 is 2.73 bits per heavy atom. The summed E-state index contributed by atoms with van der Waals surface area (Å²) in [5, 5.41) is 8.01. The number of halogens is 2. The predicted molar refractivity (Wildman–Crippen MR) is 33.3 cm³/mol. The molecule has 0 aromatic heterocycles. The summed E-state index contributed by atoms with van der Waals surface area (Å²) in [4.78, 5) is 0. The second-order valence-corrected chi connectivity index (χ2v) is 2.06. The first-order valence-corrected chi connectivity index (χ1v) is 3.04. The van der Waals surface area contributed by atoms with E-state index in [9.17, 15) is 8.78 Å². The van der Waals surface area contributed by atoms with Crippen LogP contribution in [0.5, 0.6) is 0 Å². The maximum Gasteiger partial charge on any atom is 0.292 e. The van der Waals surface area contributed by atoms with Crippen LogP contribution >= 0.6 is 0 Å². The molecule has 0 fully saturated rings. The van der Waals surface area contributed by atoms with E-state index in [1.807, 2.05) is 0 Å². The summed E-state index contributed by atoms with van der Waals surface area (Å²) >= 11 is 0. The molecule has 1 aliphatic carbocycles. The number of hydrogen-bond acceptors (Lipinski definition) is 2. The van der Waals surface area contributed by atoms with Crippen molar-refractivity contribution in [2.24, 2.45) is 0 Å². The largest absolute Gasteiger partial charge is 0.389 e. The number of nitriles is 1. The van der Waals surface area contributed by atoms with Crippen molar-refractivity contribution in [3.05, 3.63) is 23.5 Å². The number of rotatable bonds is 1. The van der Waals surface area contributed by atoms with Gasteiger partial charge in [-0.05, 0) is 0 Å². The molecule has 58 valence electrons. The van der Waals surface area contributed by atoms with Crippen molar-refractivity contribution in [3.8, 4) is 6.26 Å². The van der Waals surface area contributed by atoms with Gasteiger partial charge in [0.1, 0.15) is 5.83 Å². The lowest BCUT2D eigenvalue weighted by Crippen LogP contribution is -1.95. The molecule has 4 heteroatoms. The second-order valence-electron chi connectivity index (χ2n) is 2.06. The minimum absolute atomic E-state index is 0.0890. The maximum atomic E-state index is 12.6. The second kappa shape index (κ2) is 3.15. The van der Waals surface area contributed by atoms with Gasteiger partial charge in [0.15, 0.2) is 11.6 Å². The van der Waals surface area contributed by atoms with Gasteiger partial charge in [0.05, 0.1) is 0 Å². The van der Waals surface area contributed by atoms with Crippen molar-refractivity contribution in [2.45, 2.75) is 12.8 Å². The zero-order chi connectivity index (χ0) is 8.27. The summed E-state index contributed by atoms with van der Waals surface area (Å²) in [7, 11) is 0. The average molecular weight is 157 g/mol. The van der Waals surface area contributed by atoms with Gasteiger partial charge in [-0.3, -0.25) is 0 Å². The standard InChI is InChI=1S/C7H5F2NO/c8-5-1-2-7(11-4-10)6(9)3-5/h3H,1-2H2. The van der Waals surface area contributed by atoms with Gasteiger partial charge in [0.2, 0.25) is 0 Å². The molecule has 0 aromatic rings. The van der Waals surface area contributed by atoms with Gasteiger partial charge in [0.25, 0.3) is 6.26 Å². The highest BCUT2D eigenvalue weighted by Gasteiger charge is 2.14. The van der Waals surface area contributed by atoms with E-state index in [1.165, 1.54) is 6.26 Å². The first-order chi connectivity index (χ1) is 5.24. The first-order valence-electron chi connectivity index (χ1n) is 3.04. The Labute approximate surface area is 62.4 Å². The predicted octanol–water partition coefficient (Wildman–Crippen LogP) is 2.31. The number of hydrogen-bond donors (Lipinski definition) is 0. The van der Waals surface area contributed by atoms with Crippen LogP contribution in [0, 0.1) is 11.5 Å². The Balaban J connectivity index is 2.79. The molecule has 0 amide bonds. The summed E-state index contributed by atoms with van der Waals surface area (Å²) in [5.41, 5.74) is 0. The molecule has 1 aliphatic rings. The van der Waals surface area contributed by atoms with Gasteiger partial charge < -0.3 is 4.74 Å². The van der Waals surface area contributed by atoms with Crippen LogP contribution < -0.4 is 0 Å². The van der Waals surface area contributed by atoms with Crippen molar-refractivity contribution in [3.63, 3.8) is 0 Å². The third-order valence-electron chi connectivity index (χ3n) is 1.31. The lowest BCUT2D eigenvalue weighted by atomic mass is 10.1. The number of ether oxygens (including phenoxy) is 1. The zero-order valence-corrected chi connectivity index (χ0v) is 5.60. The lowest BCUT2D eigenvalue weighted by Gasteiger charge is -2.07. The van der Waals surface area contributed by atoms with Gasteiger partial charge in [-0.2, -0.15) is 0 Å². The van der Waals surface area contributed by atoms with E-state index in [-0.39, 0.29) is 18.6 Å². The number of allylic oxidation sites excluding steroid dienone is 4. The van der Waals surface area contributed by atoms with Crippen molar-refractivity contribution in [2.75, 3.05) is 0 Å². The average Bonchev–Trinajstić information content (AvgIpc) is 1.95. The smallest absolute Gasteiger partial charge is 0.292 e. The SMILES string of the molecule is N#COC1=C(F)C=C(F)CC1. The summed E-state index contributed by atoms with van der Waals surface area (Å²) in [6, 6.07) is 0. The summed E-state index contributed by atoms with van der Waals surface area (Å²) < 4.78 is 29.1. The summed E-state index contributed by atoms with van der Waals surface area (Å²) in [6.07, 6.45) is 2.28. The lowest BCUT2D eigenvalue weighted by molar-refractivity contribution is 0.325. The Bertz CT molecular complexity index is 262. The van der Waals surface area contributed by atoms with Crippen LogP contribution in [-0.4, -0.2) is 0 Å². The van der Waals surface area contributed by atoms with Crippen LogP contribution in [0.3, 0.4) is 0 Å². The van der Waals surface area contributed by atoms with Crippen molar-refractivity contribution in [1.82, 2.24) is 0 Å². The molecule has 11 heavy (non-hydrogen) atoms. The molecule has 0 N–H and O–H groups in total. The number of nitrogens with zero attached hydrogens (tertiary/aromatic N) is 1. The third kappa shape index (κ3) is 1.77. The molecule has 0 atom stereocenters. The van der Waals surface area contributed by atoms with Gasteiger partial charge >= 0.3 is 0 Å². The highest BCUT2D eigenvalue weighted by Crippen LogP contribution is 2.25. The van der Waals surface area contributed by atoms with Gasteiger partial charge in [-0.25, -0.2) is 8.78 Å². The molecule has 0 radical (unpaired) electrons. The minimum Gasteiger partial charge on any atom is -0.389 e.